The van der Waals surface area contributed by atoms with Gasteiger partial charge < -0.3 is 10.2 Å². The number of hydrogen-bond acceptors (Lipinski definition) is 6. The van der Waals surface area contributed by atoms with E-state index < -0.39 is 20.0 Å². The quantitative estimate of drug-likeness (QED) is 0.477. The summed E-state index contributed by atoms with van der Waals surface area (Å²) in [6.45, 7) is 5.19. The summed E-state index contributed by atoms with van der Waals surface area (Å²) in [6, 6.07) is 21.4. The van der Waals surface area contributed by atoms with E-state index in [1.165, 1.54) is 28.6 Å². The van der Waals surface area contributed by atoms with Crippen LogP contribution >= 0.6 is 0 Å². The number of hydrogen-bond donors (Lipinski definition) is 2. The molecule has 10 heteroatoms. The van der Waals surface area contributed by atoms with E-state index in [1.807, 2.05) is 6.07 Å². The van der Waals surface area contributed by atoms with Crippen LogP contribution in [0.15, 0.2) is 88.7 Å². The Morgan fingerprint density at radius 2 is 1.51 bits per heavy atom. The van der Waals surface area contributed by atoms with Gasteiger partial charge in [-0.1, -0.05) is 36.4 Å². The highest BCUT2D eigenvalue weighted by Gasteiger charge is 2.28. The molecule has 0 unspecified atom stereocenters. The van der Waals surface area contributed by atoms with Crippen molar-refractivity contribution in [1.82, 2.24) is 5.32 Å². The van der Waals surface area contributed by atoms with Crippen LogP contribution in [0.2, 0.25) is 0 Å². The van der Waals surface area contributed by atoms with Gasteiger partial charge in [0.05, 0.1) is 21.2 Å². The summed E-state index contributed by atoms with van der Waals surface area (Å²) in [5.41, 5.74) is 1.32. The zero-order chi connectivity index (χ0) is 24.9. The zero-order valence-electron chi connectivity index (χ0n) is 19.6. The SMILES string of the molecule is CCN(c1cc(N2CCCNCC2)ccc1NS(=O)(=O)c1ccccc1)S(=O)(=O)c1ccccc1. The number of nitrogens with one attached hydrogen (secondary N) is 2. The number of rotatable bonds is 8. The van der Waals surface area contributed by atoms with Crippen LogP contribution in [0, 0.1) is 0 Å². The minimum Gasteiger partial charge on any atom is -0.370 e. The molecule has 1 fully saturated rings. The Kier molecular flexibility index (Phi) is 7.63. The van der Waals surface area contributed by atoms with Crippen molar-refractivity contribution in [2.24, 2.45) is 0 Å². The molecule has 1 aliphatic heterocycles. The molecule has 1 heterocycles. The Bertz CT molecular complexity index is 1340. The first-order chi connectivity index (χ1) is 16.8. The second kappa shape index (κ2) is 10.7. The maximum absolute atomic E-state index is 13.6. The fourth-order valence-electron chi connectivity index (χ4n) is 4.11. The number of nitrogens with zero attached hydrogens (tertiary/aromatic N) is 2. The average Bonchev–Trinajstić information content (AvgIpc) is 3.16. The van der Waals surface area contributed by atoms with Gasteiger partial charge in [-0.05, 0) is 62.4 Å². The van der Waals surface area contributed by atoms with Crippen molar-refractivity contribution in [3.63, 3.8) is 0 Å². The number of benzene rings is 3. The van der Waals surface area contributed by atoms with E-state index in [0.717, 1.165) is 38.3 Å². The lowest BCUT2D eigenvalue weighted by Crippen LogP contribution is -2.33. The number of sulfonamides is 2. The van der Waals surface area contributed by atoms with Crippen LogP contribution in [0.5, 0.6) is 0 Å². The summed E-state index contributed by atoms with van der Waals surface area (Å²) in [7, 11) is -7.86. The van der Waals surface area contributed by atoms with Gasteiger partial charge in [0.1, 0.15) is 0 Å². The molecule has 186 valence electrons. The first-order valence-corrected chi connectivity index (χ1v) is 14.5. The molecule has 8 nitrogen and oxygen atoms in total. The molecule has 0 bridgehead atoms. The van der Waals surface area contributed by atoms with Gasteiger partial charge in [0.15, 0.2) is 0 Å². The maximum Gasteiger partial charge on any atom is 0.264 e. The van der Waals surface area contributed by atoms with E-state index in [2.05, 4.69) is 14.9 Å². The minimum atomic E-state index is -3.93. The van der Waals surface area contributed by atoms with Crippen LogP contribution in [0.25, 0.3) is 0 Å². The zero-order valence-corrected chi connectivity index (χ0v) is 21.2. The summed E-state index contributed by atoms with van der Waals surface area (Å²) in [5.74, 6) is 0. The minimum absolute atomic E-state index is 0.0996. The summed E-state index contributed by atoms with van der Waals surface area (Å²) < 4.78 is 57.4. The second-order valence-corrected chi connectivity index (χ2v) is 11.7. The molecule has 0 atom stereocenters. The molecule has 0 aromatic heterocycles. The molecule has 0 aliphatic carbocycles. The van der Waals surface area contributed by atoms with Crippen LogP contribution in [0.1, 0.15) is 13.3 Å². The van der Waals surface area contributed by atoms with Gasteiger partial charge in [0.25, 0.3) is 20.0 Å². The Labute approximate surface area is 207 Å². The van der Waals surface area contributed by atoms with E-state index in [1.54, 1.807) is 55.5 Å². The number of anilines is 3. The molecule has 1 saturated heterocycles. The molecule has 4 rings (SSSR count). The van der Waals surface area contributed by atoms with E-state index >= 15 is 0 Å². The maximum atomic E-state index is 13.6. The van der Waals surface area contributed by atoms with Crippen LogP contribution in [0.4, 0.5) is 17.1 Å². The third kappa shape index (κ3) is 5.61. The first kappa shape index (κ1) is 25.0. The molecule has 3 aromatic carbocycles. The normalized spacial score (nSPS) is 14.8. The lowest BCUT2D eigenvalue weighted by atomic mass is 10.2. The fraction of sp³-hybridized carbons (Fsp3) is 0.280. The molecule has 3 aromatic rings. The second-order valence-electron chi connectivity index (χ2n) is 8.19. The van der Waals surface area contributed by atoms with Crippen LogP contribution in [-0.2, 0) is 20.0 Å². The average molecular weight is 515 g/mol. The topological polar surface area (TPSA) is 98.8 Å². The molecule has 0 spiro atoms. The molecule has 0 saturated carbocycles. The molecule has 1 aliphatic rings. The first-order valence-electron chi connectivity index (χ1n) is 11.6. The van der Waals surface area contributed by atoms with Crippen molar-refractivity contribution in [2.45, 2.75) is 23.1 Å². The molecular formula is C25H30N4O4S2. The highest BCUT2D eigenvalue weighted by molar-refractivity contribution is 7.93. The van der Waals surface area contributed by atoms with Crippen molar-refractivity contribution in [2.75, 3.05) is 46.7 Å². The van der Waals surface area contributed by atoms with Crippen molar-refractivity contribution >= 4 is 37.1 Å². The third-order valence-corrected chi connectivity index (χ3v) is 9.16. The highest BCUT2D eigenvalue weighted by Crippen LogP contribution is 2.36. The molecule has 35 heavy (non-hydrogen) atoms. The predicted octanol–water partition coefficient (Wildman–Crippen LogP) is 3.50. The monoisotopic (exact) mass is 514 g/mol. The van der Waals surface area contributed by atoms with Gasteiger partial charge in [-0.2, -0.15) is 0 Å². The van der Waals surface area contributed by atoms with Gasteiger partial charge >= 0.3 is 0 Å². The molecule has 0 amide bonds. The van der Waals surface area contributed by atoms with Crippen molar-refractivity contribution in [3.8, 4) is 0 Å². The summed E-state index contributed by atoms with van der Waals surface area (Å²) >= 11 is 0. The lowest BCUT2D eigenvalue weighted by Gasteiger charge is -2.29. The van der Waals surface area contributed by atoms with E-state index in [9.17, 15) is 16.8 Å². The smallest absolute Gasteiger partial charge is 0.264 e. The molecular weight excluding hydrogens is 484 g/mol. The van der Waals surface area contributed by atoms with Gasteiger partial charge in [-0.3, -0.25) is 9.03 Å². The highest BCUT2D eigenvalue weighted by atomic mass is 32.2. The largest absolute Gasteiger partial charge is 0.370 e. The summed E-state index contributed by atoms with van der Waals surface area (Å²) in [5, 5.41) is 3.36. The molecule has 2 N–H and O–H groups in total. The van der Waals surface area contributed by atoms with E-state index in [-0.39, 0.29) is 27.7 Å². The van der Waals surface area contributed by atoms with Crippen molar-refractivity contribution in [1.29, 1.82) is 0 Å². The van der Waals surface area contributed by atoms with Crippen molar-refractivity contribution < 1.29 is 16.8 Å². The van der Waals surface area contributed by atoms with Gasteiger partial charge in [0, 0.05) is 31.9 Å². The van der Waals surface area contributed by atoms with Gasteiger partial charge in [0.2, 0.25) is 0 Å². The van der Waals surface area contributed by atoms with Crippen LogP contribution in [-0.4, -0.2) is 49.6 Å². The van der Waals surface area contributed by atoms with Gasteiger partial charge in [-0.15, -0.1) is 0 Å². The van der Waals surface area contributed by atoms with Gasteiger partial charge in [-0.25, -0.2) is 16.8 Å². The van der Waals surface area contributed by atoms with Crippen LogP contribution in [0.3, 0.4) is 0 Å². The van der Waals surface area contributed by atoms with Crippen molar-refractivity contribution in [3.05, 3.63) is 78.9 Å². The Balaban J connectivity index is 1.81. The van der Waals surface area contributed by atoms with E-state index in [4.69, 9.17) is 0 Å². The fourth-order valence-corrected chi connectivity index (χ4v) is 6.71. The third-order valence-electron chi connectivity index (χ3n) is 5.87. The lowest BCUT2D eigenvalue weighted by molar-refractivity contribution is 0.591. The standard InChI is InChI=1S/C25H30N4O4S2/c1-2-29(35(32,33)23-12-7-4-8-13-23)25-20-21(28-18-9-16-26-17-19-28)14-15-24(25)27-34(30,31)22-10-5-3-6-11-22/h3-8,10-15,20,26-27H,2,9,16-19H2,1H3. The Hall–Kier alpha value is -3.08. The summed E-state index contributed by atoms with van der Waals surface area (Å²) in [4.78, 5) is 2.42. The van der Waals surface area contributed by atoms with Crippen LogP contribution < -0.4 is 19.2 Å². The molecule has 0 radical (unpaired) electrons. The Morgan fingerprint density at radius 1 is 0.857 bits per heavy atom. The summed E-state index contributed by atoms with van der Waals surface area (Å²) in [6.07, 6.45) is 0.956. The predicted molar refractivity (Wildman–Crippen MR) is 140 cm³/mol. The van der Waals surface area contributed by atoms with E-state index in [0.29, 0.717) is 0 Å². The Morgan fingerprint density at radius 3 is 2.17 bits per heavy atom.